The summed E-state index contributed by atoms with van der Waals surface area (Å²) in [7, 11) is 3.44. The van der Waals surface area contributed by atoms with Gasteiger partial charge in [0, 0.05) is 68.1 Å². The van der Waals surface area contributed by atoms with Crippen LogP contribution >= 0.6 is 22.9 Å². The molecule has 5 N–H and O–H groups in total. The second-order valence-electron chi connectivity index (χ2n) is 12.3. The molecule has 1 aliphatic heterocycles. The van der Waals surface area contributed by atoms with Crippen molar-refractivity contribution in [2.75, 3.05) is 50.0 Å². The average Bonchev–Trinajstić information content (AvgIpc) is 3.76. The van der Waals surface area contributed by atoms with E-state index in [-0.39, 0.29) is 17.6 Å². The lowest BCUT2D eigenvalue weighted by atomic mass is 10.1. The van der Waals surface area contributed by atoms with Crippen LogP contribution < -0.4 is 21.7 Å². The molecular formula is C34H42ClN9O4S. The largest absolute Gasteiger partial charge is 0.383 e. The van der Waals surface area contributed by atoms with Crippen molar-refractivity contribution in [1.82, 2.24) is 24.3 Å². The fourth-order valence-corrected chi connectivity index (χ4v) is 6.47. The molecule has 0 bridgehead atoms. The number of amides is 3. The van der Waals surface area contributed by atoms with Crippen molar-refractivity contribution in [3.63, 3.8) is 0 Å². The number of anilines is 2. The van der Waals surface area contributed by atoms with Gasteiger partial charge in [0.05, 0.1) is 24.6 Å². The second-order valence-corrected chi connectivity index (χ2v) is 13.8. The monoisotopic (exact) mass is 707 g/mol. The molecule has 260 valence electrons. The van der Waals surface area contributed by atoms with Gasteiger partial charge in [-0.3, -0.25) is 24.6 Å². The van der Waals surface area contributed by atoms with Gasteiger partial charge < -0.3 is 30.2 Å². The predicted molar refractivity (Wildman–Crippen MR) is 193 cm³/mol. The number of morpholine rings is 1. The van der Waals surface area contributed by atoms with Crippen LogP contribution in [0.1, 0.15) is 62.2 Å². The average molecular weight is 708 g/mol. The number of nitrogens with two attached hydrogens (primary N) is 1. The molecule has 5 rings (SSSR count). The molecule has 1 aliphatic rings. The Morgan fingerprint density at radius 2 is 1.73 bits per heavy atom. The van der Waals surface area contributed by atoms with Crippen molar-refractivity contribution in [2.24, 2.45) is 30.7 Å². The standard InChI is InChI=1S/C34H42ClN9O4S/c1-21(2)8-9-28-29(33(47)37-10-11-44-12-14-48-15-13-44)40-34(49-28)41-32(46)27-18-25(20-43(27)4)39-31(45)26-17-24(19-42(26)3)38-30(36)22-6-5-7-23(35)16-22/h5-7,16-21H,8-15H2,1-4H3,(H2,36,38)(H,37,47)(H,39,45)(H,40,41,46). The van der Waals surface area contributed by atoms with Crippen LogP contribution in [0, 0.1) is 5.92 Å². The summed E-state index contributed by atoms with van der Waals surface area (Å²) < 4.78 is 8.65. The summed E-state index contributed by atoms with van der Waals surface area (Å²) in [5.74, 6) is -0.353. The highest BCUT2D eigenvalue weighted by molar-refractivity contribution is 7.16. The van der Waals surface area contributed by atoms with E-state index in [2.05, 4.69) is 44.7 Å². The Labute approximate surface area is 294 Å². The number of thiazole rings is 1. The van der Waals surface area contributed by atoms with E-state index in [1.165, 1.54) is 11.3 Å². The van der Waals surface area contributed by atoms with Crippen LogP contribution in [0.5, 0.6) is 0 Å². The number of benzene rings is 1. The maximum atomic E-state index is 13.4. The zero-order valence-electron chi connectivity index (χ0n) is 28.1. The van der Waals surface area contributed by atoms with Crippen molar-refractivity contribution in [2.45, 2.75) is 26.7 Å². The molecule has 0 spiro atoms. The lowest BCUT2D eigenvalue weighted by Gasteiger charge is -2.26. The lowest BCUT2D eigenvalue weighted by Crippen LogP contribution is -2.41. The van der Waals surface area contributed by atoms with Crippen molar-refractivity contribution < 1.29 is 19.1 Å². The zero-order valence-corrected chi connectivity index (χ0v) is 29.7. The summed E-state index contributed by atoms with van der Waals surface area (Å²) in [6, 6.07) is 10.3. The molecule has 4 heterocycles. The van der Waals surface area contributed by atoms with Gasteiger partial charge in [0.1, 0.15) is 22.9 Å². The topological polar surface area (TPSA) is 161 Å². The van der Waals surface area contributed by atoms with Gasteiger partial charge in [-0.05, 0) is 43.0 Å². The quantitative estimate of drug-likeness (QED) is 0.116. The molecule has 4 aromatic rings. The number of ether oxygens (including phenoxy) is 1. The van der Waals surface area contributed by atoms with Crippen molar-refractivity contribution in [1.29, 1.82) is 0 Å². The van der Waals surface area contributed by atoms with Crippen LogP contribution in [0.4, 0.5) is 16.5 Å². The fourth-order valence-electron chi connectivity index (χ4n) is 5.31. The van der Waals surface area contributed by atoms with Gasteiger partial charge in [0.15, 0.2) is 5.13 Å². The summed E-state index contributed by atoms with van der Waals surface area (Å²) in [6.45, 7) is 8.56. The molecule has 0 aliphatic carbocycles. The smallest absolute Gasteiger partial charge is 0.274 e. The third-order valence-electron chi connectivity index (χ3n) is 7.99. The molecule has 49 heavy (non-hydrogen) atoms. The predicted octanol–water partition coefficient (Wildman–Crippen LogP) is 4.67. The third-order valence-corrected chi connectivity index (χ3v) is 9.25. The van der Waals surface area contributed by atoms with E-state index in [0.717, 1.165) is 30.9 Å². The van der Waals surface area contributed by atoms with E-state index in [1.54, 1.807) is 72.0 Å². The molecule has 0 saturated carbocycles. The van der Waals surface area contributed by atoms with Gasteiger partial charge in [-0.25, -0.2) is 9.98 Å². The van der Waals surface area contributed by atoms with Gasteiger partial charge in [-0.15, -0.1) is 11.3 Å². The first kappa shape index (κ1) is 35.8. The molecule has 13 nitrogen and oxygen atoms in total. The summed E-state index contributed by atoms with van der Waals surface area (Å²) in [4.78, 5) is 51.8. The maximum Gasteiger partial charge on any atom is 0.274 e. The fraction of sp³-hybridized carbons (Fsp3) is 0.382. The summed E-state index contributed by atoms with van der Waals surface area (Å²) in [5, 5.41) is 9.56. The molecule has 1 fully saturated rings. The summed E-state index contributed by atoms with van der Waals surface area (Å²) in [6.07, 6.45) is 4.90. The minimum absolute atomic E-state index is 0.255. The summed E-state index contributed by atoms with van der Waals surface area (Å²) in [5.41, 5.74) is 8.75. The van der Waals surface area contributed by atoms with E-state index in [0.29, 0.717) is 76.3 Å². The number of rotatable bonds is 13. The first-order valence-corrected chi connectivity index (χ1v) is 17.3. The van der Waals surface area contributed by atoms with Crippen LogP contribution in [0.3, 0.4) is 0 Å². The molecule has 15 heteroatoms. The highest BCUT2D eigenvalue weighted by Gasteiger charge is 2.22. The van der Waals surface area contributed by atoms with Gasteiger partial charge >= 0.3 is 0 Å². The molecule has 0 atom stereocenters. The Hall–Kier alpha value is -4.50. The number of aromatic nitrogens is 3. The Morgan fingerprint density at radius 1 is 1.02 bits per heavy atom. The first-order valence-electron chi connectivity index (χ1n) is 16.1. The number of hydrogen-bond acceptors (Lipinski definition) is 8. The lowest BCUT2D eigenvalue weighted by molar-refractivity contribution is 0.0383. The molecule has 3 aromatic heterocycles. The number of hydrogen-bond donors (Lipinski definition) is 4. The Balaban J connectivity index is 1.23. The zero-order chi connectivity index (χ0) is 35.1. The van der Waals surface area contributed by atoms with Crippen LogP contribution in [0.2, 0.25) is 5.02 Å². The van der Waals surface area contributed by atoms with Crippen LogP contribution in [0.15, 0.2) is 53.8 Å². The van der Waals surface area contributed by atoms with Gasteiger partial charge in [-0.2, -0.15) is 0 Å². The number of aliphatic imine (C=N–C) groups is 1. The first-order chi connectivity index (χ1) is 23.5. The third kappa shape index (κ3) is 9.57. The number of carbonyl (C=O) groups excluding carboxylic acids is 3. The minimum atomic E-state index is -0.418. The molecular weight excluding hydrogens is 666 g/mol. The normalized spacial score (nSPS) is 13.9. The van der Waals surface area contributed by atoms with Crippen molar-refractivity contribution in [3.05, 3.63) is 81.3 Å². The highest BCUT2D eigenvalue weighted by Crippen LogP contribution is 2.27. The van der Waals surface area contributed by atoms with E-state index in [1.807, 2.05) is 0 Å². The van der Waals surface area contributed by atoms with Gasteiger partial charge in [-0.1, -0.05) is 37.6 Å². The Kier molecular flexibility index (Phi) is 11.9. The van der Waals surface area contributed by atoms with E-state index in [4.69, 9.17) is 22.1 Å². The number of amidine groups is 1. The molecule has 0 radical (unpaired) electrons. The van der Waals surface area contributed by atoms with Gasteiger partial charge in [0.2, 0.25) is 0 Å². The molecule has 0 unspecified atom stereocenters. The van der Waals surface area contributed by atoms with E-state index >= 15 is 0 Å². The number of nitrogens with one attached hydrogen (secondary N) is 3. The molecule has 1 aromatic carbocycles. The number of carbonyl (C=O) groups is 3. The number of aryl methyl sites for hydroxylation is 3. The van der Waals surface area contributed by atoms with E-state index < -0.39 is 5.91 Å². The van der Waals surface area contributed by atoms with Crippen molar-refractivity contribution in [3.8, 4) is 0 Å². The number of halogens is 1. The highest BCUT2D eigenvalue weighted by atomic mass is 35.5. The Morgan fingerprint density at radius 3 is 2.47 bits per heavy atom. The molecule has 3 amide bonds. The number of nitrogens with zero attached hydrogens (tertiary/aromatic N) is 5. The maximum absolute atomic E-state index is 13.4. The van der Waals surface area contributed by atoms with Crippen LogP contribution in [-0.4, -0.2) is 82.0 Å². The summed E-state index contributed by atoms with van der Waals surface area (Å²) >= 11 is 7.38. The Bertz CT molecular complexity index is 1840. The SMILES string of the molecule is CC(C)CCc1sc(NC(=O)c2cc(NC(=O)c3cc(N=C(N)c4cccc(Cl)c4)cn3C)cn2C)nc1C(=O)NCCN1CCOCC1. The molecule has 1 saturated heterocycles. The second kappa shape index (κ2) is 16.3. The van der Waals surface area contributed by atoms with Crippen LogP contribution in [-0.2, 0) is 25.3 Å². The van der Waals surface area contributed by atoms with Crippen molar-refractivity contribution >= 4 is 63.0 Å². The van der Waals surface area contributed by atoms with Crippen LogP contribution in [0.25, 0.3) is 0 Å². The minimum Gasteiger partial charge on any atom is -0.383 e. The van der Waals surface area contributed by atoms with E-state index in [9.17, 15) is 14.4 Å². The van der Waals surface area contributed by atoms with Gasteiger partial charge in [0.25, 0.3) is 17.7 Å².